The Morgan fingerprint density at radius 2 is 1.74 bits per heavy atom. The molecule has 0 aliphatic carbocycles. The van der Waals surface area contributed by atoms with Gasteiger partial charge in [-0.3, -0.25) is 4.79 Å². The predicted molar refractivity (Wildman–Crippen MR) is 116 cm³/mol. The highest BCUT2D eigenvalue weighted by Gasteiger charge is 2.29. The van der Waals surface area contributed by atoms with Gasteiger partial charge in [-0.25, -0.2) is 13.2 Å². The van der Waals surface area contributed by atoms with Crippen LogP contribution in [-0.2, 0) is 24.3 Å². The van der Waals surface area contributed by atoms with E-state index in [1.165, 1.54) is 16.4 Å². The van der Waals surface area contributed by atoms with Gasteiger partial charge in [0.15, 0.2) is 6.61 Å². The fourth-order valence-corrected chi connectivity index (χ4v) is 5.12. The van der Waals surface area contributed by atoms with Crippen LogP contribution in [0.25, 0.3) is 0 Å². The summed E-state index contributed by atoms with van der Waals surface area (Å²) in [6.45, 7) is 4.28. The third kappa shape index (κ3) is 5.82. The molecule has 1 fully saturated rings. The molecule has 0 spiro atoms. The summed E-state index contributed by atoms with van der Waals surface area (Å²) in [4.78, 5) is 24.3. The molecule has 166 valence electrons. The molecule has 0 saturated carbocycles. The predicted octanol–water partition coefficient (Wildman–Crippen LogP) is 2.77. The Morgan fingerprint density at radius 1 is 1.10 bits per heavy atom. The molecule has 10 heteroatoms. The van der Waals surface area contributed by atoms with Crippen LogP contribution in [0.15, 0.2) is 41.3 Å². The van der Waals surface area contributed by atoms with Crippen molar-refractivity contribution < 1.29 is 27.5 Å². The number of anilines is 1. The maximum atomic E-state index is 12.9. The van der Waals surface area contributed by atoms with Crippen molar-refractivity contribution in [2.45, 2.75) is 18.7 Å². The van der Waals surface area contributed by atoms with Gasteiger partial charge in [0.2, 0.25) is 10.0 Å². The summed E-state index contributed by atoms with van der Waals surface area (Å²) < 4.78 is 37.2. The molecule has 31 heavy (non-hydrogen) atoms. The van der Waals surface area contributed by atoms with Crippen molar-refractivity contribution >= 4 is 39.2 Å². The first-order chi connectivity index (χ1) is 14.7. The first-order valence-electron chi connectivity index (χ1n) is 9.59. The molecule has 3 rings (SSSR count). The lowest BCUT2D eigenvalue weighted by atomic mass is 10.1. The van der Waals surface area contributed by atoms with E-state index < -0.39 is 28.5 Å². The van der Waals surface area contributed by atoms with E-state index in [-0.39, 0.29) is 41.8 Å². The molecule has 1 N–H and O–H groups in total. The number of hydrogen-bond acceptors (Lipinski definition) is 6. The normalized spacial score (nSPS) is 14.8. The van der Waals surface area contributed by atoms with Crippen LogP contribution in [0.3, 0.4) is 0 Å². The summed E-state index contributed by atoms with van der Waals surface area (Å²) in [5.41, 5.74) is 2.56. The van der Waals surface area contributed by atoms with Gasteiger partial charge in [-0.05, 0) is 55.3 Å². The summed E-state index contributed by atoms with van der Waals surface area (Å²) in [6.07, 6.45) is 0. The highest BCUT2D eigenvalue weighted by atomic mass is 35.5. The van der Waals surface area contributed by atoms with Crippen LogP contribution in [0, 0.1) is 13.8 Å². The molecule has 0 aromatic heterocycles. The Bertz CT molecular complexity index is 1080. The third-order valence-electron chi connectivity index (χ3n) is 4.59. The minimum Gasteiger partial charge on any atom is -0.452 e. The van der Waals surface area contributed by atoms with E-state index in [0.717, 1.165) is 17.2 Å². The number of hydrogen-bond donors (Lipinski definition) is 1. The van der Waals surface area contributed by atoms with E-state index in [0.29, 0.717) is 5.69 Å². The maximum absolute atomic E-state index is 12.9. The van der Waals surface area contributed by atoms with Gasteiger partial charge in [0, 0.05) is 18.8 Å². The highest BCUT2D eigenvalue weighted by Crippen LogP contribution is 2.27. The van der Waals surface area contributed by atoms with Crippen molar-refractivity contribution in [3.05, 3.63) is 58.1 Å². The van der Waals surface area contributed by atoms with E-state index in [9.17, 15) is 18.0 Å². The average Bonchev–Trinajstić information content (AvgIpc) is 2.72. The number of esters is 1. The fraction of sp³-hybridized carbons (Fsp3) is 0.333. The number of ether oxygens (including phenoxy) is 2. The first kappa shape index (κ1) is 23.2. The largest absolute Gasteiger partial charge is 0.452 e. The number of morpholine rings is 1. The van der Waals surface area contributed by atoms with E-state index in [4.69, 9.17) is 21.1 Å². The minimum absolute atomic E-state index is 0.00407. The number of sulfonamides is 1. The maximum Gasteiger partial charge on any atom is 0.338 e. The molecule has 8 nitrogen and oxygen atoms in total. The Labute approximate surface area is 186 Å². The molecule has 1 saturated heterocycles. The number of rotatable bonds is 6. The lowest BCUT2D eigenvalue weighted by molar-refractivity contribution is -0.119. The van der Waals surface area contributed by atoms with E-state index >= 15 is 0 Å². The average molecular weight is 467 g/mol. The number of carbonyl (C=O) groups excluding carboxylic acids is 2. The van der Waals surface area contributed by atoms with Crippen molar-refractivity contribution in [1.29, 1.82) is 0 Å². The number of benzene rings is 2. The molecule has 0 bridgehead atoms. The molecule has 0 atom stereocenters. The third-order valence-corrected chi connectivity index (χ3v) is 6.97. The van der Waals surface area contributed by atoms with Crippen LogP contribution >= 0.6 is 11.6 Å². The quantitative estimate of drug-likeness (QED) is 0.657. The van der Waals surface area contributed by atoms with Gasteiger partial charge < -0.3 is 14.8 Å². The number of nitrogens with one attached hydrogen (secondary N) is 1. The number of nitrogens with zero attached hydrogens (tertiary/aromatic N) is 1. The molecular weight excluding hydrogens is 444 g/mol. The van der Waals surface area contributed by atoms with Gasteiger partial charge in [-0.1, -0.05) is 17.7 Å². The van der Waals surface area contributed by atoms with Crippen molar-refractivity contribution in [3.8, 4) is 0 Å². The second-order valence-electron chi connectivity index (χ2n) is 7.16. The summed E-state index contributed by atoms with van der Waals surface area (Å²) in [7, 11) is -3.89. The summed E-state index contributed by atoms with van der Waals surface area (Å²) in [5, 5.41) is 2.66. The standard InChI is InChI=1S/C21H23ClN2O6S/c1-14-9-15(2)11-17(10-14)23-20(25)13-30-21(26)16-3-4-18(22)19(12-16)31(27,28)24-5-7-29-8-6-24/h3-4,9-12H,5-8,13H2,1-2H3,(H,23,25). The summed E-state index contributed by atoms with van der Waals surface area (Å²) >= 11 is 6.09. The second-order valence-corrected chi connectivity index (χ2v) is 9.48. The molecule has 1 amide bonds. The number of halogens is 1. The topological polar surface area (TPSA) is 102 Å². The zero-order chi connectivity index (χ0) is 22.6. The SMILES string of the molecule is Cc1cc(C)cc(NC(=O)COC(=O)c2ccc(Cl)c(S(=O)(=O)N3CCOCC3)c2)c1. The lowest BCUT2D eigenvalue weighted by Gasteiger charge is -2.26. The van der Waals surface area contributed by atoms with Crippen LogP contribution < -0.4 is 5.32 Å². The lowest BCUT2D eigenvalue weighted by Crippen LogP contribution is -2.40. The van der Waals surface area contributed by atoms with Gasteiger partial charge in [0.05, 0.1) is 23.8 Å². The smallest absolute Gasteiger partial charge is 0.338 e. The Hall–Kier alpha value is -2.46. The molecule has 2 aromatic rings. The summed E-state index contributed by atoms with van der Waals surface area (Å²) in [6, 6.07) is 9.41. The van der Waals surface area contributed by atoms with Gasteiger partial charge >= 0.3 is 5.97 Å². The van der Waals surface area contributed by atoms with E-state index in [1.54, 1.807) is 12.1 Å². The Kier molecular flexibility index (Phi) is 7.32. The van der Waals surface area contributed by atoms with Crippen molar-refractivity contribution in [3.63, 3.8) is 0 Å². The molecule has 0 radical (unpaired) electrons. The number of aryl methyl sites for hydroxylation is 2. The van der Waals surface area contributed by atoms with Crippen LogP contribution in [0.4, 0.5) is 5.69 Å². The van der Waals surface area contributed by atoms with Crippen LogP contribution in [0.1, 0.15) is 21.5 Å². The van der Waals surface area contributed by atoms with Gasteiger partial charge in [0.25, 0.3) is 5.91 Å². The summed E-state index contributed by atoms with van der Waals surface area (Å²) in [5.74, 6) is -1.33. The van der Waals surface area contributed by atoms with Crippen molar-refractivity contribution in [2.75, 3.05) is 38.2 Å². The zero-order valence-corrected chi connectivity index (χ0v) is 18.8. The van der Waals surface area contributed by atoms with Crippen LogP contribution in [0.2, 0.25) is 5.02 Å². The van der Waals surface area contributed by atoms with Gasteiger partial charge in [-0.15, -0.1) is 0 Å². The minimum atomic E-state index is -3.89. The van der Waals surface area contributed by atoms with Crippen molar-refractivity contribution in [2.24, 2.45) is 0 Å². The number of carbonyl (C=O) groups is 2. The molecule has 1 heterocycles. The van der Waals surface area contributed by atoms with Gasteiger partial charge in [0.1, 0.15) is 4.90 Å². The van der Waals surface area contributed by atoms with Crippen LogP contribution in [-0.4, -0.2) is 57.5 Å². The van der Waals surface area contributed by atoms with E-state index in [2.05, 4.69) is 5.32 Å². The monoisotopic (exact) mass is 466 g/mol. The Morgan fingerprint density at radius 3 is 2.39 bits per heavy atom. The second kappa shape index (κ2) is 9.78. The van der Waals surface area contributed by atoms with E-state index in [1.807, 2.05) is 19.9 Å². The number of amides is 1. The molecular formula is C21H23ClN2O6S. The van der Waals surface area contributed by atoms with Crippen LogP contribution in [0.5, 0.6) is 0 Å². The van der Waals surface area contributed by atoms with Crippen molar-refractivity contribution in [1.82, 2.24) is 4.31 Å². The first-order valence-corrected chi connectivity index (χ1v) is 11.4. The zero-order valence-electron chi connectivity index (χ0n) is 17.2. The van der Waals surface area contributed by atoms with Gasteiger partial charge in [-0.2, -0.15) is 4.31 Å². The molecule has 0 unspecified atom stereocenters. The molecule has 2 aromatic carbocycles. The Balaban J connectivity index is 1.68. The molecule has 1 aliphatic heterocycles. The fourth-order valence-electron chi connectivity index (χ4n) is 3.21. The highest BCUT2D eigenvalue weighted by molar-refractivity contribution is 7.89. The molecule has 1 aliphatic rings.